The highest BCUT2D eigenvalue weighted by molar-refractivity contribution is 7.28. The maximum absolute atomic E-state index is 13.7. The molecule has 0 atom stereocenters. The lowest BCUT2D eigenvalue weighted by atomic mass is 9.90. The number of fused-ring (bicyclic) bond motifs is 16. The molecule has 608 valence electrons. The van der Waals surface area contributed by atoms with Gasteiger partial charge >= 0.3 is 0 Å². The molecule has 0 unspecified atom stereocenters. The molecule has 24 aromatic rings. The second kappa shape index (κ2) is 34.3. The smallest absolute Gasteiger partial charge is 0.177 e. The molecule has 128 heavy (non-hydrogen) atoms. The molecule has 0 amide bonds. The molecule has 0 fully saturated rings. The van der Waals surface area contributed by atoms with E-state index in [2.05, 4.69) is 300 Å². The Labute approximate surface area is 786 Å². The first-order chi connectivity index (χ1) is 62.6. The van der Waals surface area contributed by atoms with Crippen LogP contribution in [-0.2, 0) is 0 Å². The van der Waals surface area contributed by atoms with Crippen molar-refractivity contribution in [1.29, 1.82) is 0 Å². The normalized spacial score (nSPS) is 11.1. The molecule has 0 spiro atoms. The van der Waals surface area contributed by atoms with E-state index < -0.39 is 0 Å². The molecule has 0 saturated carbocycles. The van der Waals surface area contributed by atoms with Gasteiger partial charge in [-0.1, -0.05) is 59.5 Å². The molecule has 14 heteroatoms. The third-order valence-corrected chi connectivity index (χ3v) is 35.3. The van der Waals surface area contributed by atoms with Crippen molar-refractivity contribution in [3.63, 3.8) is 0 Å². The minimum atomic E-state index is -0.179. The zero-order chi connectivity index (χ0) is 87.3. The van der Waals surface area contributed by atoms with E-state index in [0.717, 1.165) is 106 Å². The predicted molar refractivity (Wildman–Crippen MR) is 572 cm³/mol. The second-order valence-electron chi connectivity index (χ2n) is 30.6. The molecule has 0 aliphatic carbocycles. The van der Waals surface area contributed by atoms with Gasteiger partial charge in [0, 0.05) is 174 Å². The maximum atomic E-state index is 13.7. The number of halogens is 2. The zero-order valence-electron chi connectivity index (χ0n) is 70.4. The third kappa shape index (κ3) is 14.8. The summed E-state index contributed by atoms with van der Waals surface area (Å²) in [5.41, 5.74) is 8.63. The summed E-state index contributed by atoms with van der Waals surface area (Å²) < 4.78 is 37.5. The van der Waals surface area contributed by atoms with Gasteiger partial charge in [-0.15, -0.1) is 183 Å². The highest BCUT2D eigenvalue weighted by Gasteiger charge is 2.24. The van der Waals surface area contributed by atoms with E-state index in [1.54, 1.807) is 68.0 Å². The molecule has 0 saturated heterocycles. The Kier molecular flexibility index (Phi) is 22.1. The fourth-order valence-corrected chi connectivity index (χ4v) is 28.7. The highest BCUT2D eigenvalue weighted by atomic mass is 32.1. The van der Waals surface area contributed by atoms with Crippen LogP contribution in [0.3, 0.4) is 0 Å². The van der Waals surface area contributed by atoms with Crippen LogP contribution in [0.5, 0.6) is 0 Å². The quantitative estimate of drug-likeness (QED) is 0.122. The first-order valence-corrected chi connectivity index (χ1v) is 51.1. The van der Waals surface area contributed by atoms with Crippen LogP contribution in [0.25, 0.3) is 206 Å². The van der Waals surface area contributed by atoms with Crippen LogP contribution in [0.2, 0.25) is 0 Å². The van der Waals surface area contributed by atoms with Gasteiger partial charge in [-0.25, -0.2) is 0 Å². The largest absolute Gasteiger partial charge is 0.195 e. The first-order valence-electron chi connectivity index (χ1n) is 41.1. The molecular weight excluding hydrogens is 1790 g/mol. The summed E-state index contributed by atoms with van der Waals surface area (Å²) in [6.45, 7) is 19.5. The summed E-state index contributed by atoms with van der Waals surface area (Å²) in [6.07, 6.45) is 0. The number of thiophene rings is 12. The van der Waals surface area contributed by atoms with Gasteiger partial charge in [0.2, 0.25) is 0 Å². The molecule has 0 bridgehead atoms. The van der Waals surface area contributed by atoms with Crippen molar-refractivity contribution in [2.24, 2.45) is 0 Å². The SMILES string of the molecule is CC#Cc1c2cc3cc(-c4ccc(F)s4)sc3cc2c(C#CC)c2cc3cc(-c4ccc(F)s4)sc3cc12.CC#Cc1c2cc3cc(-c4cccs4)sc3cc2c(C#CC)c2cc3cc(-c4cccs4)sc3cc12.CC#Cc1c2cc3cc(C)sc3cc2c(C#CC)c2cc3cc(C)sc3cc12.CC#Cc1c2cc3ccsc3cc2c(C#CC)c2cc3ccsc3cc12. The lowest BCUT2D eigenvalue weighted by molar-refractivity contribution is 0.657. The van der Waals surface area contributed by atoms with E-state index in [4.69, 9.17) is 0 Å². The summed E-state index contributed by atoms with van der Waals surface area (Å²) in [7, 11) is 0. The predicted octanol–water partition coefficient (Wildman–Crippen LogP) is 36.5. The monoisotopic (exact) mass is 1860 g/mol. The van der Waals surface area contributed by atoms with E-state index in [1.807, 2.05) is 113 Å². The molecular formula is C114H66F2S12. The van der Waals surface area contributed by atoms with E-state index >= 15 is 0 Å². The zero-order valence-corrected chi connectivity index (χ0v) is 80.2. The second-order valence-corrected chi connectivity index (χ2v) is 43.4. The highest BCUT2D eigenvalue weighted by Crippen LogP contribution is 2.50. The van der Waals surface area contributed by atoms with Gasteiger partial charge in [-0.2, -0.15) is 8.78 Å². The molecule has 0 radical (unpaired) electrons. The Bertz CT molecular complexity index is 8520. The Hall–Kier alpha value is -12.5. The molecule has 24 rings (SSSR count). The van der Waals surface area contributed by atoms with Gasteiger partial charge in [0.15, 0.2) is 10.3 Å². The van der Waals surface area contributed by atoms with Crippen LogP contribution in [0.15, 0.2) is 216 Å². The van der Waals surface area contributed by atoms with Crippen molar-refractivity contribution in [2.75, 3.05) is 0 Å². The number of benzene rings is 12. The van der Waals surface area contributed by atoms with Crippen LogP contribution in [0.1, 0.15) is 110 Å². The first kappa shape index (κ1) is 82.5. The standard InChI is InChI=1S/C32H16F2S4.C32H18S4.C26H18S2.C24H14S2/c1-3-5-19-21-11-17-13-29(25-7-9-31(33)37-25)36-28(17)16-24(21)20(6-4-2)22-12-18-14-30(26-8-10-32(34)38-26)35-27(18)15-23(19)22;1-3-7-21-23-13-19-15-31(27-9-5-11-33-27)36-30(19)18-26(23)22(8-4-2)24-14-20-16-32(28-10-6-12-34-28)35-29(20)17-25(21)24;1-5-7-19-21-11-17-9-15(3)28-26(17)14-24(21)20(8-6-2)22-12-18-10-16(4)27-25(18)13-23(19)22;1-3-5-17-19-11-15-7-9-26-24(15)14-22(19)18(6-4-2)20-12-16-8-10-25-23(16)13-21(17)20/h7-16H,1-2H3;5-6,9-18H,1-2H3;9-14H,1-4H3;7-14H,1-2H3. The summed E-state index contributed by atoms with van der Waals surface area (Å²) in [5.74, 6) is 52.5. The number of hydrogen-bond acceptors (Lipinski definition) is 12. The summed E-state index contributed by atoms with van der Waals surface area (Å²) in [6, 6.07) is 69.7. The summed E-state index contributed by atoms with van der Waals surface area (Å²) >= 11 is 20.2. The molecule has 0 nitrogen and oxygen atoms in total. The maximum Gasteiger partial charge on any atom is 0.177 e. The summed E-state index contributed by atoms with van der Waals surface area (Å²) in [4.78, 5) is 11.9. The number of aryl methyl sites for hydroxylation is 2. The van der Waals surface area contributed by atoms with Gasteiger partial charge in [0.25, 0.3) is 0 Å². The van der Waals surface area contributed by atoms with Crippen molar-refractivity contribution in [3.8, 4) is 134 Å². The van der Waals surface area contributed by atoms with Crippen molar-refractivity contribution < 1.29 is 8.78 Å². The fourth-order valence-electron chi connectivity index (χ4n) is 17.6. The van der Waals surface area contributed by atoms with E-state index in [1.165, 1.54) is 189 Å². The van der Waals surface area contributed by atoms with Gasteiger partial charge in [-0.3, -0.25) is 0 Å². The lowest BCUT2D eigenvalue weighted by Gasteiger charge is -2.12. The van der Waals surface area contributed by atoms with Gasteiger partial charge in [0.05, 0.1) is 0 Å². The molecule has 0 aliphatic rings. The number of rotatable bonds is 4. The van der Waals surface area contributed by atoms with Crippen LogP contribution in [0, 0.1) is 119 Å². The third-order valence-electron chi connectivity index (χ3n) is 22.8. The Morgan fingerprint density at radius 1 is 0.188 bits per heavy atom. The van der Waals surface area contributed by atoms with Gasteiger partial charge < -0.3 is 0 Å². The molecule has 12 heterocycles. The van der Waals surface area contributed by atoms with Gasteiger partial charge in [0.1, 0.15) is 0 Å². The fraction of sp³-hybridized carbons (Fsp3) is 0.0877. The van der Waals surface area contributed by atoms with Crippen LogP contribution in [-0.4, -0.2) is 0 Å². The van der Waals surface area contributed by atoms with Crippen LogP contribution in [0.4, 0.5) is 8.78 Å². The van der Waals surface area contributed by atoms with Crippen molar-refractivity contribution >= 4 is 303 Å². The lowest BCUT2D eigenvalue weighted by Crippen LogP contribution is -1.90. The van der Waals surface area contributed by atoms with E-state index in [9.17, 15) is 8.78 Å². The number of hydrogen-bond donors (Lipinski definition) is 0. The Balaban J connectivity index is 0.000000105. The molecule has 12 aromatic heterocycles. The minimum absolute atomic E-state index is 0.179. The molecule has 0 aliphatic heterocycles. The van der Waals surface area contributed by atoms with Crippen LogP contribution < -0.4 is 0 Å². The topological polar surface area (TPSA) is 0 Å². The van der Waals surface area contributed by atoms with E-state index in [-0.39, 0.29) is 10.3 Å². The van der Waals surface area contributed by atoms with E-state index in [0.29, 0.717) is 0 Å². The van der Waals surface area contributed by atoms with Crippen LogP contribution >= 0.6 is 136 Å². The van der Waals surface area contributed by atoms with Crippen molar-refractivity contribution in [2.45, 2.75) is 69.2 Å². The summed E-state index contributed by atoms with van der Waals surface area (Å²) in [5, 5.41) is 36.8. The Morgan fingerprint density at radius 2 is 0.414 bits per heavy atom. The average Bonchev–Trinajstić information content (AvgIpc) is 1.44. The van der Waals surface area contributed by atoms with Gasteiger partial charge in [-0.05, 0) is 359 Å². The Morgan fingerprint density at radius 3 is 0.648 bits per heavy atom. The van der Waals surface area contributed by atoms with Crippen molar-refractivity contribution in [1.82, 2.24) is 0 Å². The molecule has 12 aromatic carbocycles. The average molecular weight is 1860 g/mol. The molecule has 0 N–H and O–H groups in total. The van der Waals surface area contributed by atoms with Crippen molar-refractivity contribution in [3.05, 3.63) is 280 Å². The minimum Gasteiger partial charge on any atom is -0.195 e.